The molecule has 0 aliphatic carbocycles. The Morgan fingerprint density at radius 2 is 2.25 bits per heavy atom. The number of nitrogen functional groups attached to an aromatic ring is 1. The molecule has 0 saturated carbocycles. The van der Waals surface area contributed by atoms with Crippen molar-refractivity contribution in [1.29, 1.82) is 0 Å². The van der Waals surface area contributed by atoms with Gasteiger partial charge in [0.25, 0.3) is 5.91 Å². The number of amides is 1. The zero-order valence-corrected chi connectivity index (χ0v) is 9.93. The molecule has 4 heteroatoms. The summed E-state index contributed by atoms with van der Waals surface area (Å²) in [5.41, 5.74) is 6.42. The maximum absolute atomic E-state index is 11.7. The lowest BCUT2D eigenvalue weighted by Gasteiger charge is -1.98. The van der Waals surface area contributed by atoms with Crippen molar-refractivity contribution in [2.24, 2.45) is 0 Å². The number of nitrogens with two attached hydrogens (primary N) is 1. The second-order valence-corrected chi connectivity index (χ2v) is 4.75. The van der Waals surface area contributed by atoms with E-state index in [4.69, 9.17) is 5.73 Å². The van der Waals surface area contributed by atoms with Gasteiger partial charge < -0.3 is 11.1 Å². The number of fused-ring (bicyclic) bond motifs is 1. The van der Waals surface area contributed by atoms with Crippen LogP contribution in [0.4, 0.5) is 5.69 Å². The topological polar surface area (TPSA) is 55.1 Å². The van der Waals surface area contributed by atoms with E-state index in [2.05, 4.69) is 5.32 Å². The van der Waals surface area contributed by atoms with Gasteiger partial charge in [-0.2, -0.15) is 0 Å². The van der Waals surface area contributed by atoms with Crippen molar-refractivity contribution in [2.45, 2.75) is 13.3 Å². The Hall–Kier alpha value is -1.55. The van der Waals surface area contributed by atoms with Crippen molar-refractivity contribution >= 4 is 33.0 Å². The van der Waals surface area contributed by atoms with Crippen LogP contribution in [0, 0.1) is 0 Å². The summed E-state index contributed by atoms with van der Waals surface area (Å²) >= 11 is 1.50. The molecule has 16 heavy (non-hydrogen) atoms. The maximum atomic E-state index is 11.7. The van der Waals surface area contributed by atoms with Crippen LogP contribution in [0.15, 0.2) is 24.3 Å². The van der Waals surface area contributed by atoms with Crippen molar-refractivity contribution < 1.29 is 4.79 Å². The van der Waals surface area contributed by atoms with Crippen LogP contribution in [0.2, 0.25) is 0 Å². The highest BCUT2D eigenvalue weighted by Crippen LogP contribution is 2.27. The number of carbonyl (C=O) groups is 1. The van der Waals surface area contributed by atoms with Gasteiger partial charge in [-0.15, -0.1) is 11.3 Å². The van der Waals surface area contributed by atoms with Gasteiger partial charge >= 0.3 is 0 Å². The minimum Gasteiger partial charge on any atom is -0.399 e. The van der Waals surface area contributed by atoms with Gasteiger partial charge in [-0.1, -0.05) is 6.92 Å². The van der Waals surface area contributed by atoms with Crippen LogP contribution in [-0.2, 0) is 0 Å². The zero-order chi connectivity index (χ0) is 11.5. The predicted molar refractivity (Wildman–Crippen MR) is 68.9 cm³/mol. The molecule has 3 N–H and O–H groups in total. The number of hydrogen-bond acceptors (Lipinski definition) is 3. The molecular weight excluding hydrogens is 220 g/mol. The number of hydrogen-bond donors (Lipinski definition) is 2. The molecule has 3 nitrogen and oxygen atoms in total. The van der Waals surface area contributed by atoms with Gasteiger partial charge in [0.1, 0.15) is 0 Å². The lowest BCUT2D eigenvalue weighted by molar-refractivity contribution is 0.0958. The largest absolute Gasteiger partial charge is 0.399 e. The van der Waals surface area contributed by atoms with Crippen molar-refractivity contribution in [2.75, 3.05) is 12.3 Å². The quantitative estimate of drug-likeness (QED) is 0.802. The lowest BCUT2D eigenvalue weighted by atomic mass is 10.2. The number of benzene rings is 1. The van der Waals surface area contributed by atoms with Crippen molar-refractivity contribution in [3.8, 4) is 0 Å². The molecule has 0 fully saturated rings. The molecule has 0 unspecified atom stereocenters. The average Bonchev–Trinajstić information content (AvgIpc) is 2.68. The number of anilines is 1. The predicted octanol–water partition coefficient (Wildman–Crippen LogP) is 2.62. The Labute approximate surface area is 98.3 Å². The summed E-state index contributed by atoms with van der Waals surface area (Å²) in [6.07, 6.45) is 0.948. The first-order valence-corrected chi connectivity index (χ1v) is 6.09. The molecule has 1 heterocycles. The van der Waals surface area contributed by atoms with Crippen LogP contribution in [-0.4, -0.2) is 12.5 Å². The van der Waals surface area contributed by atoms with E-state index in [-0.39, 0.29) is 5.91 Å². The highest BCUT2D eigenvalue weighted by atomic mass is 32.1. The number of rotatable bonds is 3. The molecule has 0 bridgehead atoms. The highest BCUT2D eigenvalue weighted by Gasteiger charge is 2.09. The Morgan fingerprint density at radius 1 is 1.44 bits per heavy atom. The summed E-state index contributed by atoms with van der Waals surface area (Å²) in [5.74, 6) is 0.00150. The van der Waals surface area contributed by atoms with Crippen molar-refractivity contribution in [3.05, 3.63) is 29.1 Å². The molecule has 1 aromatic heterocycles. The van der Waals surface area contributed by atoms with E-state index in [9.17, 15) is 4.79 Å². The second kappa shape index (κ2) is 4.53. The molecule has 0 aliphatic rings. The summed E-state index contributed by atoms with van der Waals surface area (Å²) < 4.78 is 1.09. The maximum Gasteiger partial charge on any atom is 0.261 e. The van der Waals surface area contributed by atoms with Gasteiger partial charge in [0, 0.05) is 16.9 Å². The van der Waals surface area contributed by atoms with Crippen molar-refractivity contribution in [1.82, 2.24) is 5.32 Å². The van der Waals surface area contributed by atoms with Crippen LogP contribution >= 0.6 is 11.3 Å². The van der Waals surface area contributed by atoms with Crippen LogP contribution in [0.3, 0.4) is 0 Å². The van der Waals surface area contributed by atoms with Gasteiger partial charge in [0.05, 0.1) is 4.88 Å². The second-order valence-electron chi connectivity index (χ2n) is 3.66. The summed E-state index contributed by atoms with van der Waals surface area (Å²) in [6.45, 7) is 2.75. The standard InChI is InChI=1S/C12H14N2OS/c1-2-5-14-12(15)11-7-8-6-9(13)3-4-10(8)16-11/h3-4,6-7H,2,5,13H2,1H3,(H,14,15). The monoisotopic (exact) mass is 234 g/mol. The third-order valence-corrected chi connectivity index (χ3v) is 3.41. The van der Waals surface area contributed by atoms with Gasteiger partial charge in [-0.25, -0.2) is 0 Å². The summed E-state index contributed by atoms with van der Waals surface area (Å²) in [7, 11) is 0. The molecule has 2 rings (SSSR count). The van der Waals surface area contributed by atoms with Crippen molar-refractivity contribution in [3.63, 3.8) is 0 Å². The zero-order valence-electron chi connectivity index (χ0n) is 9.12. The van der Waals surface area contributed by atoms with Crippen LogP contribution in [0.5, 0.6) is 0 Å². The Bertz CT molecular complexity index is 519. The Balaban J connectivity index is 2.28. The van der Waals surface area contributed by atoms with Gasteiger partial charge in [0.2, 0.25) is 0 Å². The fourth-order valence-corrected chi connectivity index (χ4v) is 2.46. The Morgan fingerprint density at radius 3 is 3.00 bits per heavy atom. The van der Waals surface area contributed by atoms with E-state index in [0.717, 1.165) is 33.6 Å². The molecule has 84 valence electrons. The average molecular weight is 234 g/mol. The van der Waals surface area contributed by atoms with Crippen LogP contribution in [0.25, 0.3) is 10.1 Å². The number of nitrogens with one attached hydrogen (secondary N) is 1. The molecule has 2 aromatic rings. The molecule has 0 aliphatic heterocycles. The molecule has 0 spiro atoms. The lowest BCUT2D eigenvalue weighted by Crippen LogP contribution is -2.22. The third kappa shape index (κ3) is 2.17. The first-order valence-electron chi connectivity index (χ1n) is 5.28. The Kier molecular flexibility index (Phi) is 3.10. The van der Waals surface area contributed by atoms with E-state index in [1.807, 2.05) is 31.2 Å². The number of carbonyl (C=O) groups excluding carboxylic acids is 1. The van der Waals surface area contributed by atoms with E-state index in [1.165, 1.54) is 11.3 Å². The molecule has 1 amide bonds. The van der Waals surface area contributed by atoms with Gasteiger partial charge in [-0.05, 0) is 36.1 Å². The minimum atomic E-state index is 0.00150. The third-order valence-electron chi connectivity index (χ3n) is 2.30. The van der Waals surface area contributed by atoms with E-state index in [0.29, 0.717) is 0 Å². The first kappa shape index (κ1) is 11.0. The van der Waals surface area contributed by atoms with Crippen LogP contribution < -0.4 is 11.1 Å². The molecule has 1 aromatic carbocycles. The smallest absolute Gasteiger partial charge is 0.261 e. The summed E-state index contributed by atoms with van der Waals surface area (Å²) in [4.78, 5) is 12.5. The highest BCUT2D eigenvalue weighted by molar-refractivity contribution is 7.20. The van der Waals surface area contributed by atoms with E-state index < -0.39 is 0 Å². The van der Waals surface area contributed by atoms with E-state index in [1.54, 1.807) is 0 Å². The normalized spacial score (nSPS) is 10.6. The summed E-state index contributed by atoms with van der Waals surface area (Å²) in [5, 5.41) is 3.90. The van der Waals surface area contributed by atoms with E-state index >= 15 is 0 Å². The van der Waals surface area contributed by atoms with Crippen LogP contribution in [0.1, 0.15) is 23.0 Å². The molecule has 0 saturated heterocycles. The minimum absolute atomic E-state index is 0.00150. The summed E-state index contributed by atoms with van der Waals surface area (Å²) in [6, 6.07) is 7.59. The van der Waals surface area contributed by atoms with Gasteiger partial charge in [0.15, 0.2) is 0 Å². The number of thiophene rings is 1. The SMILES string of the molecule is CCCNC(=O)c1cc2cc(N)ccc2s1. The fraction of sp³-hybridized carbons (Fsp3) is 0.250. The molecule has 0 radical (unpaired) electrons. The molecular formula is C12H14N2OS. The van der Waals surface area contributed by atoms with Gasteiger partial charge in [-0.3, -0.25) is 4.79 Å². The first-order chi connectivity index (χ1) is 7.70. The molecule has 0 atom stereocenters. The fourth-order valence-electron chi connectivity index (χ4n) is 1.50.